The Morgan fingerprint density at radius 2 is 1.85 bits per heavy atom. The number of nitrogens with one attached hydrogen (secondary N) is 1. The molecule has 0 aliphatic carbocycles. The first-order valence-corrected chi connectivity index (χ1v) is 11.1. The average Bonchev–Trinajstić information content (AvgIpc) is 3.39. The van der Waals surface area contributed by atoms with Crippen LogP contribution in [0.4, 0.5) is 5.00 Å². The molecule has 2 N–H and O–H groups in total. The number of hydrogen-bond acceptors (Lipinski definition) is 6. The van der Waals surface area contributed by atoms with Crippen molar-refractivity contribution in [2.24, 2.45) is 0 Å². The Morgan fingerprint density at radius 3 is 2.45 bits per heavy atom. The maximum atomic E-state index is 12.7. The predicted molar refractivity (Wildman–Crippen MR) is 128 cm³/mol. The molecular weight excluding hydrogens is 462 g/mol. The highest BCUT2D eigenvalue weighted by atomic mass is 35.5. The van der Waals surface area contributed by atoms with Crippen LogP contribution in [-0.4, -0.2) is 36.7 Å². The number of carbonyl (C=O) groups excluding carboxylic acids is 1. The number of carbonyl (C=O) groups is 2. The Hall–Kier alpha value is -3.56. The van der Waals surface area contributed by atoms with Gasteiger partial charge in [-0.3, -0.25) is 9.78 Å². The van der Waals surface area contributed by atoms with E-state index in [2.05, 4.69) is 20.4 Å². The van der Waals surface area contributed by atoms with Crippen molar-refractivity contribution in [1.82, 2.24) is 19.7 Å². The Morgan fingerprint density at radius 1 is 1.12 bits per heavy atom. The lowest BCUT2D eigenvalue weighted by atomic mass is 9.88. The molecule has 3 heterocycles. The van der Waals surface area contributed by atoms with Gasteiger partial charge in [0.25, 0.3) is 5.91 Å². The molecule has 8 nitrogen and oxygen atoms in total. The van der Waals surface area contributed by atoms with Gasteiger partial charge >= 0.3 is 5.97 Å². The van der Waals surface area contributed by atoms with E-state index in [1.54, 1.807) is 29.2 Å². The van der Waals surface area contributed by atoms with Crippen molar-refractivity contribution < 1.29 is 14.7 Å². The van der Waals surface area contributed by atoms with Crippen molar-refractivity contribution >= 4 is 39.8 Å². The van der Waals surface area contributed by atoms with Gasteiger partial charge in [0.05, 0.1) is 18.1 Å². The van der Waals surface area contributed by atoms with Crippen molar-refractivity contribution in [3.8, 4) is 16.8 Å². The first-order valence-electron chi connectivity index (χ1n) is 9.94. The van der Waals surface area contributed by atoms with Crippen molar-refractivity contribution in [3.05, 3.63) is 76.4 Å². The number of rotatable bonds is 5. The predicted octanol–water partition coefficient (Wildman–Crippen LogP) is 5.29. The molecule has 0 saturated carbocycles. The summed E-state index contributed by atoms with van der Waals surface area (Å²) < 4.78 is 1.65. The molecule has 0 saturated heterocycles. The molecule has 33 heavy (non-hydrogen) atoms. The summed E-state index contributed by atoms with van der Waals surface area (Å²) in [5.41, 5.74) is 1.65. The van der Waals surface area contributed by atoms with E-state index in [4.69, 9.17) is 11.6 Å². The third kappa shape index (κ3) is 4.64. The average molecular weight is 482 g/mol. The van der Waals surface area contributed by atoms with Crippen LogP contribution in [0.3, 0.4) is 0 Å². The lowest BCUT2D eigenvalue weighted by Gasteiger charge is -2.18. The van der Waals surface area contributed by atoms with Crippen LogP contribution in [-0.2, 0) is 5.41 Å². The zero-order chi connectivity index (χ0) is 23.8. The Labute approximate surface area is 198 Å². The highest BCUT2D eigenvalue weighted by Gasteiger charge is 2.32. The molecule has 4 aromatic rings. The van der Waals surface area contributed by atoms with Gasteiger partial charge in [-0.25, -0.2) is 14.5 Å². The highest BCUT2D eigenvalue weighted by Crippen LogP contribution is 2.46. The minimum Gasteiger partial charge on any atom is -0.478 e. The van der Waals surface area contributed by atoms with Crippen molar-refractivity contribution in [1.29, 1.82) is 0 Å². The topological polar surface area (TPSA) is 110 Å². The monoisotopic (exact) mass is 481 g/mol. The second kappa shape index (κ2) is 8.76. The maximum Gasteiger partial charge on any atom is 0.339 e. The van der Waals surface area contributed by atoms with Crippen LogP contribution in [0, 0.1) is 0 Å². The summed E-state index contributed by atoms with van der Waals surface area (Å²) in [6.45, 7) is 5.98. The normalized spacial score (nSPS) is 11.4. The molecule has 0 fully saturated rings. The summed E-state index contributed by atoms with van der Waals surface area (Å²) >= 11 is 7.21. The summed E-state index contributed by atoms with van der Waals surface area (Å²) in [6, 6.07) is 7.16. The van der Waals surface area contributed by atoms with Gasteiger partial charge in [0.15, 0.2) is 0 Å². The van der Waals surface area contributed by atoms with Crippen LogP contribution in [0.1, 0.15) is 46.5 Å². The number of thiophene rings is 1. The molecule has 0 bridgehead atoms. The zero-order valence-electron chi connectivity index (χ0n) is 18.0. The van der Waals surface area contributed by atoms with Crippen molar-refractivity contribution in [2.75, 3.05) is 5.32 Å². The number of anilines is 1. The van der Waals surface area contributed by atoms with Crippen LogP contribution >= 0.6 is 22.9 Å². The third-order valence-electron chi connectivity index (χ3n) is 4.79. The number of hydrogen-bond donors (Lipinski definition) is 2. The standard InChI is InChI=1S/C23H20ClN5O3S/c1-23(2,3)19-17(13-10-27-29(12-13)15-6-4-14(24)5-7-15)18(22(31)32)21(33-19)28-20(30)16-11-25-8-9-26-16/h4-12H,1-3H3,(H,28,30)(H,31,32). The van der Waals surface area contributed by atoms with Crippen LogP contribution in [0.25, 0.3) is 16.8 Å². The van der Waals surface area contributed by atoms with E-state index < -0.39 is 11.9 Å². The summed E-state index contributed by atoms with van der Waals surface area (Å²) in [5, 5.41) is 18.1. The van der Waals surface area contributed by atoms with E-state index in [9.17, 15) is 14.7 Å². The molecule has 0 atom stereocenters. The van der Waals surface area contributed by atoms with Gasteiger partial charge < -0.3 is 10.4 Å². The second-order valence-electron chi connectivity index (χ2n) is 8.26. The van der Waals surface area contributed by atoms with Gasteiger partial charge in [-0.1, -0.05) is 32.4 Å². The van der Waals surface area contributed by atoms with Gasteiger partial charge in [0.2, 0.25) is 0 Å². The quantitative estimate of drug-likeness (QED) is 0.400. The molecule has 0 aliphatic heterocycles. The van der Waals surface area contributed by atoms with Gasteiger partial charge in [-0.05, 0) is 29.7 Å². The SMILES string of the molecule is CC(C)(C)c1sc(NC(=O)c2cnccn2)c(C(=O)O)c1-c1cnn(-c2ccc(Cl)cc2)c1. The lowest BCUT2D eigenvalue weighted by Crippen LogP contribution is -2.15. The van der Waals surface area contributed by atoms with Crippen LogP contribution < -0.4 is 5.32 Å². The summed E-state index contributed by atoms with van der Waals surface area (Å²) in [5.74, 6) is -1.68. The molecule has 0 aliphatic rings. The summed E-state index contributed by atoms with van der Waals surface area (Å²) in [7, 11) is 0. The highest BCUT2D eigenvalue weighted by molar-refractivity contribution is 7.17. The Balaban J connectivity index is 1.83. The smallest absolute Gasteiger partial charge is 0.339 e. The molecule has 168 valence electrons. The van der Waals surface area contributed by atoms with Gasteiger partial charge in [0.1, 0.15) is 16.3 Å². The molecule has 10 heteroatoms. The van der Waals surface area contributed by atoms with Crippen LogP contribution in [0.5, 0.6) is 0 Å². The lowest BCUT2D eigenvalue weighted by molar-refractivity contribution is 0.0699. The number of carboxylic acids is 1. The molecule has 0 spiro atoms. The molecule has 0 radical (unpaired) electrons. The van der Waals surface area contributed by atoms with Gasteiger partial charge in [-0.15, -0.1) is 11.3 Å². The van der Waals surface area contributed by atoms with E-state index in [1.807, 2.05) is 32.9 Å². The van der Waals surface area contributed by atoms with E-state index in [-0.39, 0.29) is 21.7 Å². The fourth-order valence-corrected chi connectivity index (χ4v) is 4.69. The largest absolute Gasteiger partial charge is 0.478 e. The van der Waals surface area contributed by atoms with Gasteiger partial charge in [0, 0.05) is 39.6 Å². The van der Waals surface area contributed by atoms with Crippen LogP contribution in [0.15, 0.2) is 55.2 Å². The number of carboxylic acid groups (broad SMARTS) is 1. The molecule has 1 aromatic carbocycles. The zero-order valence-corrected chi connectivity index (χ0v) is 19.6. The van der Waals surface area contributed by atoms with E-state index >= 15 is 0 Å². The fourth-order valence-electron chi connectivity index (χ4n) is 3.30. The van der Waals surface area contributed by atoms with Crippen molar-refractivity contribution in [3.63, 3.8) is 0 Å². The Kier molecular flexibility index (Phi) is 6.01. The van der Waals surface area contributed by atoms with Gasteiger partial charge in [-0.2, -0.15) is 5.10 Å². The summed E-state index contributed by atoms with van der Waals surface area (Å²) in [6.07, 6.45) is 7.57. The van der Waals surface area contributed by atoms with E-state index in [0.29, 0.717) is 16.1 Å². The first-order chi connectivity index (χ1) is 15.6. The fraction of sp³-hybridized carbons (Fsp3) is 0.174. The third-order valence-corrected chi connectivity index (χ3v) is 6.57. The number of benzene rings is 1. The second-order valence-corrected chi connectivity index (χ2v) is 9.72. The number of nitrogens with zero attached hydrogens (tertiary/aromatic N) is 4. The molecule has 4 rings (SSSR count). The van der Waals surface area contributed by atoms with Crippen molar-refractivity contribution in [2.45, 2.75) is 26.2 Å². The molecular formula is C23H20ClN5O3S. The summed E-state index contributed by atoms with van der Waals surface area (Å²) in [4.78, 5) is 33.8. The van der Waals surface area contributed by atoms with E-state index in [0.717, 1.165) is 10.6 Å². The van der Waals surface area contributed by atoms with E-state index in [1.165, 1.54) is 29.9 Å². The first kappa shape index (κ1) is 22.6. The molecule has 3 aromatic heterocycles. The Bertz CT molecular complexity index is 1320. The molecule has 0 unspecified atom stereocenters. The number of halogens is 1. The number of aromatic carboxylic acids is 1. The van der Waals surface area contributed by atoms with Crippen LogP contribution in [0.2, 0.25) is 5.02 Å². The minimum atomic E-state index is -1.15. The number of aromatic nitrogens is 4. The molecule has 1 amide bonds. The maximum absolute atomic E-state index is 12.7. The minimum absolute atomic E-state index is 0.0119. The number of amides is 1.